The molecule has 1 fully saturated rings. The fourth-order valence-electron chi connectivity index (χ4n) is 2.28. The number of nitrogens with zero attached hydrogens (tertiary/aromatic N) is 3. The number of piperidine rings is 1. The Morgan fingerprint density at radius 2 is 2.33 bits per heavy atom. The van der Waals surface area contributed by atoms with E-state index in [1.54, 1.807) is 7.11 Å². The summed E-state index contributed by atoms with van der Waals surface area (Å²) in [6.07, 6.45) is 3.13. The van der Waals surface area contributed by atoms with Crippen LogP contribution in [0.5, 0.6) is 5.75 Å². The number of methoxy groups -OCH3 is 1. The van der Waals surface area contributed by atoms with Gasteiger partial charge in [-0.2, -0.15) is 0 Å². The van der Waals surface area contributed by atoms with Crippen LogP contribution < -0.4 is 20.9 Å². The lowest BCUT2D eigenvalue weighted by Gasteiger charge is -2.37. The van der Waals surface area contributed by atoms with Crippen molar-refractivity contribution in [1.82, 2.24) is 9.97 Å². The summed E-state index contributed by atoms with van der Waals surface area (Å²) in [6.45, 7) is 3.17. The van der Waals surface area contributed by atoms with Gasteiger partial charge in [-0.25, -0.2) is 15.8 Å². The van der Waals surface area contributed by atoms with Crippen molar-refractivity contribution in [3.8, 4) is 5.75 Å². The van der Waals surface area contributed by atoms with E-state index in [4.69, 9.17) is 10.6 Å². The number of β-amino-alcohol motifs (C(OH)–C–C–N with tert-alkyl or cyclic N) is 1. The van der Waals surface area contributed by atoms with Crippen LogP contribution >= 0.6 is 0 Å². The third-order valence-electron chi connectivity index (χ3n) is 3.10. The quantitative estimate of drug-likeness (QED) is 0.520. The van der Waals surface area contributed by atoms with E-state index in [-0.39, 0.29) is 0 Å². The molecular formula is C11H19N5O2. The first kappa shape index (κ1) is 12.8. The molecule has 1 unspecified atom stereocenters. The van der Waals surface area contributed by atoms with Crippen molar-refractivity contribution >= 4 is 11.6 Å². The molecule has 2 rings (SSSR count). The largest absolute Gasteiger partial charge is 0.490 e. The molecule has 0 aliphatic carbocycles. The second-order valence-corrected chi connectivity index (χ2v) is 4.75. The van der Waals surface area contributed by atoms with Crippen molar-refractivity contribution in [2.75, 3.05) is 30.5 Å². The van der Waals surface area contributed by atoms with Gasteiger partial charge < -0.3 is 20.2 Å². The Morgan fingerprint density at radius 1 is 1.56 bits per heavy atom. The Kier molecular flexibility index (Phi) is 3.53. The summed E-state index contributed by atoms with van der Waals surface area (Å²) in [5.74, 6) is 6.98. The maximum absolute atomic E-state index is 10.1. The molecular weight excluding hydrogens is 234 g/mol. The summed E-state index contributed by atoms with van der Waals surface area (Å²) in [5, 5.41) is 10.1. The smallest absolute Gasteiger partial charge is 0.205 e. The van der Waals surface area contributed by atoms with Gasteiger partial charge in [-0.05, 0) is 19.8 Å². The van der Waals surface area contributed by atoms with Gasteiger partial charge in [-0.15, -0.1) is 0 Å². The molecule has 1 saturated heterocycles. The number of anilines is 2. The molecule has 18 heavy (non-hydrogen) atoms. The molecule has 7 nitrogen and oxygen atoms in total. The van der Waals surface area contributed by atoms with Crippen LogP contribution in [0.15, 0.2) is 6.33 Å². The standard InChI is InChI=1S/C11H19N5O2/c1-11(17)4-3-5-16(6-11)10-8(18-2)9(15-12)13-7-14-10/h7,17H,3-6,12H2,1-2H3,(H,13,14,15). The SMILES string of the molecule is COc1c(NN)ncnc1N1CCCC(C)(O)C1. The fourth-order valence-corrected chi connectivity index (χ4v) is 2.28. The minimum Gasteiger partial charge on any atom is -0.490 e. The van der Waals surface area contributed by atoms with Crippen LogP contribution in [0.1, 0.15) is 19.8 Å². The maximum Gasteiger partial charge on any atom is 0.205 e. The molecule has 1 aliphatic heterocycles. The van der Waals surface area contributed by atoms with Crippen LogP contribution in [0.3, 0.4) is 0 Å². The molecule has 100 valence electrons. The molecule has 1 aliphatic rings. The van der Waals surface area contributed by atoms with Gasteiger partial charge >= 0.3 is 0 Å². The fraction of sp³-hybridized carbons (Fsp3) is 0.636. The summed E-state index contributed by atoms with van der Waals surface area (Å²) < 4.78 is 5.30. The lowest BCUT2D eigenvalue weighted by molar-refractivity contribution is 0.0446. The summed E-state index contributed by atoms with van der Waals surface area (Å²) in [5.41, 5.74) is 1.78. The molecule has 7 heteroatoms. The van der Waals surface area contributed by atoms with Gasteiger partial charge in [0.25, 0.3) is 0 Å². The minimum atomic E-state index is -0.704. The number of hydrazine groups is 1. The third-order valence-corrected chi connectivity index (χ3v) is 3.10. The molecule has 0 radical (unpaired) electrons. The number of hydrogen-bond acceptors (Lipinski definition) is 7. The normalized spacial score (nSPS) is 23.9. The third kappa shape index (κ3) is 2.46. The van der Waals surface area contributed by atoms with E-state index in [9.17, 15) is 5.11 Å². The minimum absolute atomic E-state index is 0.438. The highest BCUT2D eigenvalue weighted by Gasteiger charge is 2.31. The van der Waals surface area contributed by atoms with Crippen molar-refractivity contribution in [2.24, 2.45) is 5.84 Å². The molecule has 0 spiro atoms. The molecule has 0 aromatic carbocycles. The molecule has 2 heterocycles. The number of nitrogens with one attached hydrogen (secondary N) is 1. The van der Waals surface area contributed by atoms with Crippen LogP contribution in [0, 0.1) is 0 Å². The van der Waals surface area contributed by atoms with Crippen LogP contribution in [-0.4, -0.2) is 40.9 Å². The number of aromatic nitrogens is 2. The van der Waals surface area contributed by atoms with E-state index in [1.165, 1.54) is 6.33 Å². The van der Waals surface area contributed by atoms with E-state index < -0.39 is 5.60 Å². The van der Waals surface area contributed by atoms with Crippen molar-refractivity contribution < 1.29 is 9.84 Å². The van der Waals surface area contributed by atoms with Gasteiger partial charge in [-0.3, -0.25) is 0 Å². The van der Waals surface area contributed by atoms with Crippen molar-refractivity contribution in [3.05, 3.63) is 6.33 Å². The van der Waals surface area contributed by atoms with Crippen LogP contribution in [0.2, 0.25) is 0 Å². The first-order chi connectivity index (χ1) is 8.57. The second kappa shape index (κ2) is 4.95. The topological polar surface area (TPSA) is 96.5 Å². The number of rotatable bonds is 3. The van der Waals surface area contributed by atoms with Gasteiger partial charge in [0.15, 0.2) is 11.6 Å². The van der Waals surface area contributed by atoms with Gasteiger partial charge in [-0.1, -0.05) is 0 Å². The molecule has 0 amide bonds. The van der Waals surface area contributed by atoms with Crippen LogP contribution in [0.25, 0.3) is 0 Å². The van der Waals surface area contributed by atoms with Gasteiger partial charge in [0.1, 0.15) is 6.33 Å². The highest BCUT2D eigenvalue weighted by atomic mass is 16.5. The summed E-state index contributed by atoms with van der Waals surface area (Å²) in [4.78, 5) is 10.2. The molecule has 1 aromatic rings. The number of aliphatic hydroxyl groups is 1. The van der Waals surface area contributed by atoms with Crippen molar-refractivity contribution in [3.63, 3.8) is 0 Å². The zero-order chi connectivity index (χ0) is 13.2. The Labute approximate surface area is 106 Å². The first-order valence-electron chi connectivity index (χ1n) is 5.90. The number of nitrogens with two attached hydrogens (primary N) is 1. The average Bonchev–Trinajstić information content (AvgIpc) is 2.36. The van der Waals surface area contributed by atoms with Crippen LogP contribution in [0.4, 0.5) is 11.6 Å². The Bertz CT molecular complexity index is 424. The molecule has 0 saturated carbocycles. The monoisotopic (exact) mass is 253 g/mol. The van der Waals surface area contributed by atoms with E-state index in [1.807, 2.05) is 11.8 Å². The van der Waals surface area contributed by atoms with E-state index in [0.29, 0.717) is 23.9 Å². The first-order valence-corrected chi connectivity index (χ1v) is 5.90. The second-order valence-electron chi connectivity index (χ2n) is 4.75. The highest BCUT2D eigenvalue weighted by molar-refractivity contribution is 5.64. The number of hydrogen-bond donors (Lipinski definition) is 3. The van der Waals surface area contributed by atoms with E-state index in [2.05, 4.69) is 15.4 Å². The predicted octanol–water partition coefficient (Wildman–Crippen LogP) is 0.122. The van der Waals surface area contributed by atoms with E-state index in [0.717, 1.165) is 19.4 Å². The average molecular weight is 253 g/mol. The number of ether oxygens (including phenoxy) is 1. The molecule has 0 bridgehead atoms. The Morgan fingerprint density at radius 3 is 2.94 bits per heavy atom. The highest BCUT2D eigenvalue weighted by Crippen LogP contribution is 2.34. The summed E-state index contributed by atoms with van der Waals surface area (Å²) in [6, 6.07) is 0. The van der Waals surface area contributed by atoms with Gasteiger partial charge in [0.05, 0.1) is 12.7 Å². The van der Waals surface area contributed by atoms with Crippen molar-refractivity contribution in [2.45, 2.75) is 25.4 Å². The summed E-state index contributed by atoms with van der Waals surface area (Å²) in [7, 11) is 1.55. The maximum atomic E-state index is 10.1. The van der Waals surface area contributed by atoms with Crippen LogP contribution in [-0.2, 0) is 0 Å². The lowest BCUT2D eigenvalue weighted by Crippen LogP contribution is -2.46. The molecule has 1 aromatic heterocycles. The zero-order valence-corrected chi connectivity index (χ0v) is 10.7. The lowest BCUT2D eigenvalue weighted by atomic mass is 9.95. The zero-order valence-electron chi connectivity index (χ0n) is 10.7. The van der Waals surface area contributed by atoms with Crippen molar-refractivity contribution in [1.29, 1.82) is 0 Å². The summed E-state index contributed by atoms with van der Waals surface area (Å²) >= 11 is 0. The molecule has 4 N–H and O–H groups in total. The number of nitrogen functional groups attached to an aromatic ring is 1. The van der Waals surface area contributed by atoms with Gasteiger partial charge in [0.2, 0.25) is 5.75 Å². The molecule has 1 atom stereocenters. The van der Waals surface area contributed by atoms with Gasteiger partial charge in [0, 0.05) is 13.1 Å². The Balaban J connectivity index is 2.32. The van der Waals surface area contributed by atoms with E-state index >= 15 is 0 Å². The predicted molar refractivity (Wildman–Crippen MR) is 68.5 cm³/mol. The Hall–Kier alpha value is -1.60.